The molecule has 86 valence electrons. The van der Waals surface area contributed by atoms with Crippen molar-refractivity contribution in [1.82, 2.24) is 5.32 Å². The lowest BCUT2D eigenvalue weighted by molar-refractivity contribution is -0.137. The standard InChI is InChI=1S/C10H9F3N2S/c1-5-7-3-2-6(10(11,12)13)4-8(7)15-9(16)14-5/h2-5H,1H3,(H2,14,15,16). The van der Waals surface area contributed by atoms with Gasteiger partial charge in [0, 0.05) is 5.69 Å². The summed E-state index contributed by atoms with van der Waals surface area (Å²) in [6.07, 6.45) is -4.33. The molecule has 0 amide bonds. The van der Waals surface area contributed by atoms with E-state index in [1.807, 2.05) is 6.92 Å². The Morgan fingerprint density at radius 3 is 2.62 bits per heavy atom. The monoisotopic (exact) mass is 246 g/mol. The fraction of sp³-hybridized carbons (Fsp3) is 0.300. The van der Waals surface area contributed by atoms with Crippen molar-refractivity contribution in [3.05, 3.63) is 29.3 Å². The summed E-state index contributed by atoms with van der Waals surface area (Å²) >= 11 is 4.89. The number of anilines is 1. The highest BCUT2D eigenvalue weighted by Gasteiger charge is 2.32. The maximum Gasteiger partial charge on any atom is 0.416 e. The highest BCUT2D eigenvalue weighted by atomic mass is 32.1. The van der Waals surface area contributed by atoms with Crippen LogP contribution in [0.4, 0.5) is 18.9 Å². The Balaban J connectivity index is 2.46. The Morgan fingerprint density at radius 2 is 2.00 bits per heavy atom. The van der Waals surface area contributed by atoms with Gasteiger partial charge in [0.05, 0.1) is 11.6 Å². The minimum Gasteiger partial charge on any atom is -0.356 e. The van der Waals surface area contributed by atoms with Crippen LogP contribution in [0.1, 0.15) is 24.1 Å². The van der Waals surface area contributed by atoms with Crippen molar-refractivity contribution in [2.75, 3.05) is 5.32 Å². The van der Waals surface area contributed by atoms with Gasteiger partial charge in [-0.25, -0.2) is 0 Å². The minimum absolute atomic E-state index is 0.0777. The van der Waals surface area contributed by atoms with Crippen molar-refractivity contribution in [2.24, 2.45) is 0 Å². The van der Waals surface area contributed by atoms with Gasteiger partial charge in [-0.05, 0) is 36.8 Å². The van der Waals surface area contributed by atoms with E-state index in [9.17, 15) is 13.2 Å². The maximum absolute atomic E-state index is 12.5. The van der Waals surface area contributed by atoms with Crippen LogP contribution < -0.4 is 10.6 Å². The Morgan fingerprint density at radius 1 is 1.31 bits per heavy atom. The average Bonchev–Trinajstić information content (AvgIpc) is 2.15. The first-order valence-electron chi connectivity index (χ1n) is 4.66. The lowest BCUT2D eigenvalue weighted by Crippen LogP contribution is -2.36. The highest BCUT2D eigenvalue weighted by molar-refractivity contribution is 7.80. The van der Waals surface area contributed by atoms with Gasteiger partial charge >= 0.3 is 6.18 Å². The molecule has 0 aliphatic carbocycles. The summed E-state index contributed by atoms with van der Waals surface area (Å²) in [4.78, 5) is 0. The van der Waals surface area contributed by atoms with Gasteiger partial charge in [-0.3, -0.25) is 0 Å². The summed E-state index contributed by atoms with van der Waals surface area (Å²) in [5.74, 6) is 0. The fourth-order valence-corrected chi connectivity index (χ4v) is 1.94. The molecule has 0 aromatic heterocycles. The molecule has 0 radical (unpaired) electrons. The number of halogens is 3. The number of rotatable bonds is 0. The SMILES string of the molecule is CC1NC(=S)Nc2cc(C(F)(F)F)ccc21. The highest BCUT2D eigenvalue weighted by Crippen LogP contribution is 2.35. The molecule has 0 fully saturated rings. The van der Waals surface area contributed by atoms with Gasteiger partial charge < -0.3 is 10.6 Å². The van der Waals surface area contributed by atoms with Gasteiger partial charge in [0.25, 0.3) is 0 Å². The minimum atomic E-state index is -4.33. The van der Waals surface area contributed by atoms with E-state index in [0.717, 1.165) is 17.7 Å². The van der Waals surface area contributed by atoms with Crippen molar-refractivity contribution < 1.29 is 13.2 Å². The molecule has 1 aromatic rings. The number of thiocarbonyl (C=S) groups is 1. The van der Waals surface area contributed by atoms with Gasteiger partial charge in [-0.1, -0.05) is 6.07 Å². The molecular formula is C10H9F3N2S. The molecule has 1 heterocycles. The molecule has 2 N–H and O–H groups in total. The molecule has 0 saturated heterocycles. The van der Waals surface area contributed by atoms with Crippen LogP contribution in [0.15, 0.2) is 18.2 Å². The Kier molecular flexibility index (Phi) is 2.53. The third-order valence-corrected chi connectivity index (χ3v) is 2.66. The Labute approximate surface area is 95.8 Å². The first kappa shape index (κ1) is 11.2. The zero-order valence-corrected chi connectivity index (χ0v) is 9.17. The molecular weight excluding hydrogens is 237 g/mol. The van der Waals surface area contributed by atoms with Gasteiger partial charge in [-0.2, -0.15) is 13.2 Å². The van der Waals surface area contributed by atoms with Crippen molar-refractivity contribution >= 4 is 23.0 Å². The second kappa shape index (κ2) is 3.62. The molecule has 1 aromatic carbocycles. The van der Waals surface area contributed by atoms with Gasteiger partial charge in [0.15, 0.2) is 5.11 Å². The van der Waals surface area contributed by atoms with Gasteiger partial charge in [0.2, 0.25) is 0 Å². The summed E-state index contributed by atoms with van der Waals surface area (Å²) in [5.41, 5.74) is 0.531. The number of nitrogens with one attached hydrogen (secondary N) is 2. The van der Waals surface area contributed by atoms with Crippen LogP contribution in [-0.4, -0.2) is 5.11 Å². The topological polar surface area (TPSA) is 24.1 Å². The zero-order chi connectivity index (χ0) is 11.9. The van der Waals surface area contributed by atoms with Crippen LogP contribution in [-0.2, 0) is 6.18 Å². The van der Waals surface area contributed by atoms with Crippen LogP contribution in [0.5, 0.6) is 0 Å². The van der Waals surface area contributed by atoms with Crippen molar-refractivity contribution in [2.45, 2.75) is 19.1 Å². The molecule has 1 atom stereocenters. The molecule has 2 rings (SSSR count). The summed E-state index contributed by atoms with van der Waals surface area (Å²) in [6, 6.07) is 3.54. The first-order valence-corrected chi connectivity index (χ1v) is 5.07. The van der Waals surface area contributed by atoms with Crippen LogP contribution in [0, 0.1) is 0 Å². The number of fused-ring (bicyclic) bond motifs is 1. The third kappa shape index (κ3) is 1.97. The number of hydrogen-bond acceptors (Lipinski definition) is 1. The number of hydrogen-bond donors (Lipinski definition) is 2. The molecule has 2 nitrogen and oxygen atoms in total. The summed E-state index contributed by atoms with van der Waals surface area (Å²) in [5, 5.41) is 6.00. The smallest absolute Gasteiger partial charge is 0.356 e. The van der Waals surface area contributed by atoms with Crippen molar-refractivity contribution in [1.29, 1.82) is 0 Å². The van der Waals surface area contributed by atoms with E-state index in [4.69, 9.17) is 12.2 Å². The third-order valence-electron chi connectivity index (χ3n) is 2.44. The Hall–Kier alpha value is -1.30. The molecule has 1 aliphatic heterocycles. The first-order chi connectivity index (χ1) is 7.38. The predicted octanol–water partition coefficient (Wildman–Crippen LogP) is 3.07. The van der Waals surface area contributed by atoms with Crippen molar-refractivity contribution in [3.8, 4) is 0 Å². The molecule has 0 spiro atoms. The lowest BCUT2D eigenvalue weighted by Gasteiger charge is -2.27. The summed E-state index contributed by atoms with van der Waals surface area (Å²) < 4.78 is 37.4. The summed E-state index contributed by atoms with van der Waals surface area (Å²) in [7, 11) is 0. The lowest BCUT2D eigenvalue weighted by atomic mass is 10.0. The quantitative estimate of drug-likeness (QED) is 0.688. The van der Waals surface area contributed by atoms with Crippen molar-refractivity contribution in [3.63, 3.8) is 0 Å². The largest absolute Gasteiger partial charge is 0.416 e. The van der Waals surface area contributed by atoms with E-state index in [-0.39, 0.29) is 6.04 Å². The average molecular weight is 246 g/mol. The van der Waals surface area contributed by atoms with Gasteiger partial charge in [-0.15, -0.1) is 0 Å². The van der Waals surface area contributed by atoms with Crippen LogP contribution in [0.3, 0.4) is 0 Å². The normalized spacial score (nSPS) is 19.8. The van der Waals surface area contributed by atoms with E-state index < -0.39 is 11.7 Å². The van der Waals surface area contributed by atoms with E-state index in [0.29, 0.717) is 10.8 Å². The van der Waals surface area contributed by atoms with E-state index >= 15 is 0 Å². The Bertz CT molecular complexity index is 442. The van der Waals surface area contributed by atoms with Crippen LogP contribution >= 0.6 is 12.2 Å². The van der Waals surface area contributed by atoms with E-state index in [1.54, 1.807) is 0 Å². The van der Waals surface area contributed by atoms with E-state index in [1.165, 1.54) is 6.07 Å². The summed E-state index contributed by atoms with van der Waals surface area (Å²) in [6.45, 7) is 1.85. The number of alkyl halides is 3. The molecule has 1 unspecified atom stereocenters. The molecule has 16 heavy (non-hydrogen) atoms. The molecule has 0 bridgehead atoms. The molecule has 6 heteroatoms. The molecule has 1 aliphatic rings. The number of benzene rings is 1. The second-order valence-corrected chi connectivity index (χ2v) is 4.03. The van der Waals surface area contributed by atoms with Gasteiger partial charge in [0.1, 0.15) is 0 Å². The molecule has 0 saturated carbocycles. The predicted molar refractivity (Wildman–Crippen MR) is 59.2 cm³/mol. The van der Waals surface area contributed by atoms with Crippen LogP contribution in [0.2, 0.25) is 0 Å². The maximum atomic E-state index is 12.5. The zero-order valence-electron chi connectivity index (χ0n) is 8.35. The van der Waals surface area contributed by atoms with Crippen LogP contribution in [0.25, 0.3) is 0 Å². The fourth-order valence-electron chi connectivity index (χ4n) is 1.65. The van der Waals surface area contributed by atoms with E-state index in [2.05, 4.69) is 10.6 Å². The second-order valence-electron chi connectivity index (χ2n) is 3.62.